The summed E-state index contributed by atoms with van der Waals surface area (Å²) in [5.41, 5.74) is 7.03. The van der Waals surface area contributed by atoms with Gasteiger partial charge in [-0.3, -0.25) is 4.79 Å². The van der Waals surface area contributed by atoms with Crippen LogP contribution in [0.5, 0.6) is 0 Å². The summed E-state index contributed by atoms with van der Waals surface area (Å²) in [4.78, 5) is 14.5. The summed E-state index contributed by atoms with van der Waals surface area (Å²) in [5, 5.41) is 0. The van der Waals surface area contributed by atoms with E-state index in [-0.39, 0.29) is 5.78 Å². The molecule has 1 radical (unpaired) electrons. The normalized spacial score (nSPS) is 10.1. The lowest BCUT2D eigenvalue weighted by molar-refractivity contribution is 0.0989. The minimum atomic E-state index is 0.0397. The predicted octanol–water partition coefficient (Wildman–Crippen LogP) is 1.82. The highest BCUT2D eigenvalue weighted by atomic mass is 16.1. The van der Waals surface area contributed by atoms with Crippen LogP contribution < -0.4 is 5.73 Å². The number of anilines is 1. The molecule has 0 atom stereocenters. The molecule has 3 heteroatoms. The van der Waals surface area contributed by atoms with Gasteiger partial charge in [-0.1, -0.05) is 24.3 Å². The number of rotatable bonds is 3. The molecule has 1 aromatic heterocycles. The van der Waals surface area contributed by atoms with E-state index in [0.717, 1.165) is 5.56 Å². The van der Waals surface area contributed by atoms with Crippen LogP contribution in [0.1, 0.15) is 16.1 Å². The SMILES string of the molecule is Nc1ccc(C(=O)Cc2cc[c]cc2)[nH]1. The Balaban J connectivity index is 2.11. The average molecular weight is 199 g/mol. The first-order chi connectivity index (χ1) is 7.25. The van der Waals surface area contributed by atoms with Crippen LogP contribution >= 0.6 is 0 Å². The van der Waals surface area contributed by atoms with Gasteiger partial charge >= 0.3 is 0 Å². The molecular weight excluding hydrogens is 188 g/mol. The number of aromatic nitrogens is 1. The third-order valence-electron chi connectivity index (χ3n) is 2.16. The van der Waals surface area contributed by atoms with Crippen molar-refractivity contribution in [1.29, 1.82) is 0 Å². The number of aromatic amines is 1. The fourth-order valence-electron chi connectivity index (χ4n) is 1.39. The number of nitrogens with two attached hydrogens (primary N) is 1. The van der Waals surface area contributed by atoms with Crippen molar-refractivity contribution < 1.29 is 4.79 Å². The van der Waals surface area contributed by atoms with Crippen molar-refractivity contribution in [1.82, 2.24) is 4.98 Å². The van der Waals surface area contributed by atoms with Crippen molar-refractivity contribution in [2.24, 2.45) is 0 Å². The van der Waals surface area contributed by atoms with Crippen LogP contribution in [0.15, 0.2) is 36.4 Å². The predicted molar refractivity (Wildman–Crippen MR) is 58.5 cm³/mol. The van der Waals surface area contributed by atoms with Crippen LogP contribution in [0.3, 0.4) is 0 Å². The first-order valence-electron chi connectivity index (χ1n) is 4.68. The zero-order valence-electron chi connectivity index (χ0n) is 8.16. The highest BCUT2D eigenvalue weighted by molar-refractivity contribution is 5.96. The Morgan fingerprint density at radius 2 is 2.00 bits per heavy atom. The number of nitrogens with one attached hydrogen (secondary N) is 1. The molecule has 0 unspecified atom stereocenters. The minimum Gasteiger partial charge on any atom is -0.385 e. The van der Waals surface area contributed by atoms with Crippen molar-refractivity contribution in [2.75, 3.05) is 5.73 Å². The topological polar surface area (TPSA) is 58.9 Å². The molecule has 0 aliphatic carbocycles. The maximum Gasteiger partial charge on any atom is 0.183 e. The maximum absolute atomic E-state index is 11.7. The molecule has 1 aromatic carbocycles. The number of benzene rings is 1. The summed E-state index contributed by atoms with van der Waals surface area (Å²) in [6.07, 6.45) is 0.384. The van der Waals surface area contributed by atoms with Crippen LogP contribution in [-0.4, -0.2) is 10.8 Å². The van der Waals surface area contributed by atoms with Gasteiger partial charge in [0.1, 0.15) is 5.82 Å². The summed E-state index contributed by atoms with van der Waals surface area (Å²) < 4.78 is 0. The third-order valence-corrected chi connectivity index (χ3v) is 2.16. The number of hydrogen-bond donors (Lipinski definition) is 2. The van der Waals surface area contributed by atoms with Gasteiger partial charge in [-0.15, -0.1) is 0 Å². The van der Waals surface area contributed by atoms with E-state index < -0.39 is 0 Å². The lowest BCUT2D eigenvalue weighted by Gasteiger charge is -1.98. The Labute approximate surface area is 87.9 Å². The number of ketones is 1. The number of nitrogen functional groups attached to an aromatic ring is 1. The molecule has 3 N–H and O–H groups in total. The fourth-order valence-corrected chi connectivity index (χ4v) is 1.39. The quantitative estimate of drug-likeness (QED) is 0.741. The highest BCUT2D eigenvalue weighted by Crippen LogP contribution is 2.08. The number of hydrogen-bond acceptors (Lipinski definition) is 2. The smallest absolute Gasteiger partial charge is 0.183 e. The standard InChI is InChI=1S/C12H11N2O/c13-12-7-6-10(14-12)11(15)8-9-4-2-1-3-5-9/h2-7,14H,8,13H2. The van der Waals surface area contributed by atoms with E-state index in [4.69, 9.17) is 5.73 Å². The number of carbonyl (C=O) groups is 1. The van der Waals surface area contributed by atoms with Gasteiger partial charge in [0.05, 0.1) is 5.69 Å². The van der Waals surface area contributed by atoms with Crippen LogP contribution in [0.2, 0.25) is 0 Å². The Kier molecular flexibility index (Phi) is 2.54. The summed E-state index contributed by atoms with van der Waals surface area (Å²) in [6, 6.07) is 13.7. The molecule has 0 fully saturated rings. The number of Topliss-reactive ketones (excluding diaryl/α,β-unsaturated/α-hetero) is 1. The van der Waals surface area contributed by atoms with Gasteiger partial charge in [0.15, 0.2) is 5.78 Å². The van der Waals surface area contributed by atoms with Crippen LogP contribution in [0, 0.1) is 6.07 Å². The van der Waals surface area contributed by atoms with Gasteiger partial charge in [0.2, 0.25) is 0 Å². The lowest BCUT2D eigenvalue weighted by Crippen LogP contribution is -2.04. The van der Waals surface area contributed by atoms with Crippen molar-refractivity contribution in [3.63, 3.8) is 0 Å². The fraction of sp³-hybridized carbons (Fsp3) is 0.0833. The third kappa shape index (κ3) is 2.26. The van der Waals surface area contributed by atoms with Gasteiger partial charge in [-0.05, 0) is 23.8 Å². The van der Waals surface area contributed by atoms with Crippen LogP contribution in [-0.2, 0) is 6.42 Å². The average Bonchev–Trinajstić information content (AvgIpc) is 2.66. The molecule has 3 nitrogen and oxygen atoms in total. The zero-order valence-corrected chi connectivity index (χ0v) is 8.16. The van der Waals surface area contributed by atoms with E-state index in [1.54, 1.807) is 24.3 Å². The Bertz CT molecular complexity index is 459. The van der Waals surface area contributed by atoms with E-state index in [9.17, 15) is 4.79 Å². The van der Waals surface area contributed by atoms with Gasteiger partial charge < -0.3 is 10.7 Å². The molecule has 1 heterocycles. The highest BCUT2D eigenvalue weighted by Gasteiger charge is 2.07. The van der Waals surface area contributed by atoms with Crippen molar-refractivity contribution >= 4 is 11.6 Å². The van der Waals surface area contributed by atoms with Crippen molar-refractivity contribution in [3.05, 3.63) is 53.7 Å². The Morgan fingerprint density at radius 1 is 1.27 bits per heavy atom. The molecule has 0 aliphatic rings. The Hall–Kier alpha value is -2.03. The molecule has 0 saturated carbocycles. The second-order valence-corrected chi connectivity index (χ2v) is 3.34. The molecule has 0 saturated heterocycles. The van der Waals surface area contributed by atoms with E-state index >= 15 is 0 Å². The molecule has 0 bridgehead atoms. The first kappa shape index (κ1) is 9.52. The summed E-state index contributed by atoms with van der Waals surface area (Å²) in [5.74, 6) is 0.553. The van der Waals surface area contributed by atoms with E-state index in [1.165, 1.54) is 0 Å². The molecular formula is C12H11N2O. The van der Waals surface area contributed by atoms with E-state index in [2.05, 4.69) is 11.1 Å². The second kappa shape index (κ2) is 4.00. The number of H-pyrrole nitrogens is 1. The molecule has 2 aromatic rings. The molecule has 15 heavy (non-hydrogen) atoms. The second-order valence-electron chi connectivity index (χ2n) is 3.34. The maximum atomic E-state index is 11.7. The Morgan fingerprint density at radius 3 is 2.60 bits per heavy atom. The van der Waals surface area contributed by atoms with Gasteiger partial charge in [-0.25, -0.2) is 0 Å². The summed E-state index contributed by atoms with van der Waals surface area (Å²) in [7, 11) is 0. The van der Waals surface area contributed by atoms with Crippen LogP contribution in [0.4, 0.5) is 5.82 Å². The summed E-state index contributed by atoms with van der Waals surface area (Å²) >= 11 is 0. The van der Waals surface area contributed by atoms with Gasteiger partial charge in [0.25, 0.3) is 0 Å². The zero-order chi connectivity index (χ0) is 10.7. The molecule has 0 amide bonds. The van der Waals surface area contributed by atoms with Gasteiger partial charge in [0, 0.05) is 6.42 Å². The lowest BCUT2D eigenvalue weighted by atomic mass is 10.1. The largest absolute Gasteiger partial charge is 0.385 e. The van der Waals surface area contributed by atoms with Crippen LogP contribution in [0.25, 0.3) is 0 Å². The summed E-state index contributed by atoms with van der Waals surface area (Å²) in [6.45, 7) is 0. The first-order valence-corrected chi connectivity index (χ1v) is 4.68. The molecule has 75 valence electrons. The monoisotopic (exact) mass is 199 g/mol. The van der Waals surface area contributed by atoms with E-state index in [0.29, 0.717) is 17.9 Å². The van der Waals surface area contributed by atoms with E-state index in [1.807, 2.05) is 12.1 Å². The molecule has 2 rings (SSSR count). The van der Waals surface area contributed by atoms with Crippen molar-refractivity contribution in [3.8, 4) is 0 Å². The minimum absolute atomic E-state index is 0.0397. The van der Waals surface area contributed by atoms with Crippen molar-refractivity contribution in [2.45, 2.75) is 6.42 Å². The molecule has 0 spiro atoms. The number of carbonyl (C=O) groups excluding carboxylic acids is 1. The van der Waals surface area contributed by atoms with Gasteiger partial charge in [-0.2, -0.15) is 0 Å². The molecule has 0 aliphatic heterocycles.